The average Bonchev–Trinajstić information content (AvgIpc) is 2.79. The molecule has 2 nitrogen and oxygen atoms in total. The second-order valence-electron chi connectivity index (χ2n) is 5.53. The van der Waals surface area contributed by atoms with Gasteiger partial charge in [0.2, 0.25) is 0 Å². The quantitative estimate of drug-likeness (QED) is 0.422. The minimum atomic E-state index is -0.199. The maximum Gasteiger partial charge on any atom is 0.138 e. The van der Waals surface area contributed by atoms with Crippen LogP contribution in [0.15, 0.2) is 12.1 Å². The summed E-state index contributed by atoms with van der Waals surface area (Å²) in [4.78, 5) is 4.65. The van der Waals surface area contributed by atoms with E-state index in [9.17, 15) is 4.39 Å². The summed E-state index contributed by atoms with van der Waals surface area (Å²) in [5, 5.41) is -0.199. The fraction of sp³-hybridized carbons (Fsp3) is 0.562. The number of hydrogen-bond donors (Lipinski definition) is 0. The average molecular weight is 423 g/mol. The predicted octanol–water partition coefficient (Wildman–Crippen LogP) is 6.08. The summed E-state index contributed by atoms with van der Waals surface area (Å²) in [5.41, 5.74) is 1.66. The summed E-state index contributed by atoms with van der Waals surface area (Å²) < 4.78 is 16.7. The first-order valence-corrected chi connectivity index (χ1v) is 8.93. The van der Waals surface area contributed by atoms with Crippen LogP contribution < -0.4 is 0 Å². The highest BCUT2D eigenvalue weighted by Crippen LogP contribution is 2.34. The smallest absolute Gasteiger partial charge is 0.138 e. The van der Waals surface area contributed by atoms with Crippen molar-refractivity contribution < 1.29 is 4.39 Å². The second kappa shape index (κ2) is 6.82. The Labute approximate surface area is 144 Å². The van der Waals surface area contributed by atoms with E-state index in [1.165, 1.54) is 0 Å². The molecule has 0 spiro atoms. The number of fused-ring (bicyclic) bond motifs is 1. The highest BCUT2D eigenvalue weighted by molar-refractivity contribution is 14.1. The Bertz CT molecular complexity index is 635. The molecule has 0 fully saturated rings. The Kier molecular flexibility index (Phi) is 5.52. The Morgan fingerprint density at radius 1 is 1.29 bits per heavy atom. The molecule has 0 saturated heterocycles. The normalized spacial score (nSPS) is 14.9. The number of nitrogens with zero attached hydrogens (tertiary/aromatic N) is 2. The summed E-state index contributed by atoms with van der Waals surface area (Å²) in [6.45, 7) is 8.48. The molecule has 0 bridgehead atoms. The van der Waals surface area contributed by atoms with Crippen molar-refractivity contribution in [3.8, 4) is 0 Å². The van der Waals surface area contributed by atoms with E-state index in [2.05, 4.69) is 30.3 Å². The first kappa shape index (κ1) is 17.0. The zero-order valence-corrected chi connectivity index (χ0v) is 15.7. The molecule has 2 rings (SSSR count). The molecule has 0 aliphatic carbocycles. The Morgan fingerprint density at radius 3 is 2.43 bits per heavy atom. The third-order valence-corrected chi connectivity index (χ3v) is 5.27. The van der Waals surface area contributed by atoms with Crippen molar-refractivity contribution in [2.75, 3.05) is 0 Å². The number of alkyl halides is 1. The van der Waals surface area contributed by atoms with Crippen molar-refractivity contribution in [2.45, 2.75) is 52.0 Å². The summed E-state index contributed by atoms with van der Waals surface area (Å²) in [6.07, 6.45) is 2.17. The molecule has 0 aliphatic heterocycles. The monoisotopic (exact) mass is 422 g/mol. The van der Waals surface area contributed by atoms with Crippen LogP contribution in [0.25, 0.3) is 11.0 Å². The van der Waals surface area contributed by atoms with Crippen LogP contribution in [0.5, 0.6) is 0 Å². The maximum absolute atomic E-state index is 14.0. The van der Waals surface area contributed by atoms with Crippen LogP contribution in [-0.2, 0) is 0 Å². The zero-order valence-electron chi connectivity index (χ0n) is 12.8. The van der Waals surface area contributed by atoms with Crippen LogP contribution in [0, 0.1) is 15.3 Å². The molecule has 0 N–H and O–H groups in total. The molecule has 2 aromatic rings. The molecular formula is C16H21ClFIN2. The lowest BCUT2D eigenvalue weighted by Crippen LogP contribution is -2.18. The molecule has 0 aliphatic rings. The molecule has 0 radical (unpaired) electrons. The van der Waals surface area contributed by atoms with Crippen LogP contribution in [0.3, 0.4) is 0 Å². The molecular weight excluding hydrogens is 402 g/mol. The van der Waals surface area contributed by atoms with Gasteiger partial charge < -0.3 is 4.57 Å². The predicted molar refractivity (Wildman–Crippen MR) is 95.5 cm³/mol. The van der Waals surface area contributed by atoms with E-state index >= 15 is 0 Å². The van der Waals surface area contributed by atoms with Gasteiger partial charge in [-0.15, -0.1) is 11.6 Å². The van der Waals surface area contributed by atoms with Crippen molar-refractivity contribution in [2.24, 2.45) is 5.92 Å². The van der Waals surface area contributed by atoms with E-state index in [1.54, 1.807) is 12.1 Å². The maximum atomic E-state index is 14.0. The van der Waals surface area contributed by atoms with E-state index in [0.717, 1.165) is 29.7 Å². The minimum Gasteiger partial charge on any atom is -0.324 e. The lowest BCUT2D eigenvalue weighted by atomic mass is 9.95. The van der Waals surface area contributed by atoms with Crippen molar-refractivity contribution in [3.63, 3.8) is 0 Å². The fourth-order valence-corrected chi connectivity index (χ4v) is 3.60. The van der Waals surface area contributed by atoms with Crippen LogP contribution in [0.1, 0.15) is 57.8 Å². The van der Waals surface area contributed by atoms with Gasteiger partial charge in [-0.2, -0.15) is 0 Å². The third-order valence-electron chi connectivity index (χ3n) is 4.25. The van der Waals surface area contributed by atoms with Gasteiger partial charge in [0.1, 0.15) is 11.6 Å². The summed E-state index contributed by atoms with van der Waals surface area (Å²) in [7, 11) is 0. The van der Waals surface area contributed by atoms with Crippen molar-refractivity contribution >= 4 is 45.2 Å². The lowest BCUT2D eigenvalue weighted by Gasteiger charge is -2.26. The van der Waals surface area contributed by atoms with Crippen LogP contribution >= 0.6 is 34.2 Å². The van der Waals surface area contributed by atoms with Gasteiger partial charge in [0.15, 0.2) is 0 Å². The van der Waals surface area contributed by atoms with Gasteiger partial charge in [-0.1, -0.05) is 26.7 Å². The standard InChI is InChI=1S/C16H21ClFIN2/c1-5-11(6-2)10(4)21-15-7-12(18)13(19)8-14(15)20-16(21)9(3)17/h7-11H,5-6H2,1-4H3. The number of halogens is 3. The number of hydrogen-bond acceptors (Lipinski definition) is 1. The molecule has 0 amide bonds. The summed E-state index contributed by atoms with van der Waals surface area (Å²) >= 11 is 8.31. The zero-order chi connectivity index (χ0) is 15.7. The van der Waals surface area contributed by atoms with Gasteiger partial charge in [0.05, 0.1) is 20.0 Å². The van der Waals surface area contributed by atoms with Crippen molar-refractivity contribution in [1.29, 1.82) is 0 Å². The minimum absolute atomic E-state index is 0.199. The Balaban J connectivity index is 2.68. The van der Waals surface area contributed by atoms with Gasteiger partial charge in [0.25, 0.3) is 0 Å². The van der Waals surface area contributed by atoms with Gasteiger partial charge in [-0.3, -0.25) is 0 Å². The van der Waals surface area contributed by atoms with Gasteiger partial charge in [-0.25, -0.2) is 9.37 Å². The molecule has 1 aromatic heterocycles. The molecule has 21 heavy (non-hydrogen) atoms. The Hall–Kier alpha value is -0.360. The first-order chi connectivity index (χ1) is 9.90. The molecule has 1 heterocycles. The fourth-order valence-electron chi connectivity index (χ4n) is 3.00. The Morgan fingerprint density at radius 2 is 1.90 bits per heavy atom. The molecule has 116 valence electrons. The second-order valence-corrected chi connectivity index (χ2v) is 7.35. The molecule has 5 heteroatoms. The van der Waals surface area contributed by atoms with Crippen molar-refractivity contribution in [3.05, 3.63) is 27.3 Å². The number of rotatable bonds is 5. The molecule has 2 atom stereocenters. The summed E-state index contributed by atoms with van der Waals surface area (Å²) in [6, 6.07) is 3.64. The van der Waals surface area contributed by atoms with E-state index in [1.807, 2.05) is 29.5 Å². The van der Waals surface area contributed by atoms with Crippen LogP contribution in [0.4, 0.5) is 4.39 Å². The van der Waals surface area contributed by atoms with Gasteiger partial charge >= 0.3 is 0 Å². The topological polar surface area (TPSA) is 17.8 Å². The largest absolute Gasteiger partial charge is 0.324 e. The first-order valence-electron chi connectivity index (χ1n) is 7.41. The lowest BCUT2D eigenvalue weighted by molar-refractivity contribution is 0.332. The highest BCUT2D eigenvalue weighted by Gasteiger charge is 2.24. The molecule has 2 unspecified atom stereocenters. The molecule has 1 aromatic carbocycles. The van der Waals surface area contributed by atoms with Gasteiger partial charge in [-0.05, 0) is 48.4 Å². The van der Waals surface area contributed by atoms with Crippen molar-refractivity contribution in [1.82, 2.24) is 9.55 Å². The van der Waals surface area contributed by atoms with E-state index in [0.29, 0.717) is 9.49 Å². The number of aromatic nitrogens is 2. The summed E-state index contributed by atoms with van der Waals surface area (Å²) in [5.74, 6) is 1.15. The van der Waals surface area contributed by atoms with Crippen LogP contribution in [-0.4, -0.2) is 9.55 Å². The van der Waals surface area contributed by atoms with E-state index < -0.39 is 0 Å². The highest BCUT2D eigenvalue weighted by atomic mass is 127. The van der Waals surface area contributed by atoms with E-state index in [4.69, 9.17) is 11.6 Å². The molecule has 0 saturated carbocycles. The van der Waals surface area contributed by atoms with Gasteiger partial charge in [0, 0.05) is 12.1 Å². The van der Waals surface area contributed by atoms with E-state index in [-0.39, 0.29) is 17.2 Å². The number of imidazole rings is 1. The SMILES string of the molecule is CCC(CC)C(C)n1c(C(C)Cl)nc2cc(I)c(F)cc21. The van der Waals surface area contributed by atoms with Crippen LogP contribution in [0.2, 0.25) is 0 Å². The number of benzene rings is 1. The third kappa shape index (κ3) is 3.21.